The maximum Gasteiger partial charge on any atom is 0.416 e. The Hall–Kier alpha value is -2.04. The molecule has 0 heterocycles. The van der Waals surface area contributed by atoms with Gasteiger partial charge in [-0.1, -0.05) is 12.1 Å². The molecule has 0 aliphatic heterocycles. The zero-order chi connectivity index (χ0) is 15.6. The van der Waals surface area contributed by atoms with Crippen LogP contribution in [0.3, 0.4) is 0 Å². The number of benzene rings is 2. The molecule has 0 aliphatic carbocycles. The second-order valence-corrected chi connectivity index (χ2v) is 4.95. The van der Waals surface area contributed by atoms with E-state index in [1.807, 2.05) is 6.92 Å². The van der Waals surface area contributed by atoms with Gasteiger partial charge in [0.2, 0.25) is 0 Å². The second-order valence-electron chi connectivity index (χ2n) is 4.95. The molecule has 21 heavy (non-hydrogen) atoms. The molecule has 1 unspecified atom stereocenters. The van der Waals surface area contributed by atoms with Crippen LogP contribution in [-0.4, -0.2) is 0 Å². The lowest BCUT2D eigenvalue weighted by Gasteiger charge is -2.18. The minimum absolute atomic E-state index is 0.184. The molecule has 2 aromatic carbocycles. The van der Waals surface area contributed by atoms with Crippen LogP contribution in [0.1, 0.15) is 29.7 Å². The van der Waals surface area contributed by atoms with E-state index in [9.17, 15) is 17.6 Å². The highest BCUT2D eigenvalue weighted by atomic mass is 19.4. The first-order chi connectivity index (χ1) is 9.77. The van der Waals surface area contributed by atoms with E-state index in [0.717, 1.165) is 28.9 Å². The number of rotatable bonds is 3. The highest BCUT2D eigenvalue weighted by Crippen LogP contribution is 2.30. The summed E-state index contributed by atoms with van der Waals surface area (Å²) in [5.41, 5.74) is 1.56. The Balaban J connectivity index is 2.15. The molecule has 2 rings (SSSR count). The molecule has 2 aromatic rings. The lowest BCUT2D eigenvalue weighted by molar-refractivity contribution is -0.137. The molecular formula is C16H15F4N. The normalized spacial score (nSPS) is 13.0. The Kier molecular flexibility index (Phi) is 4.21. The molecule has 0 spiro atoms. The van der Waals surface area contributed by atoms with Crippen molar-refractivity contribution in [2.75, 3.05) is 5.32 Å². The second kappa shape index (κ2) is 5.76. The number of anilines is 1. The summed E-state index contributed by atoms with van der Waals surface area (Å²) in [6.07, 6.45) is -4.33. The van der Waals surface area contributed by atoms with E-state index in [0.29, 0.717) is 0 Å². The summed E-state index contributed by atoms with van der Waals surface area (Å²) >= 11 is 0. The first kappa shape index (κ1) is 15.4. The maximum absolute atomic E-state index is 13.0. The van der Waals surface area contributed by atoms with Crippen molar-refractivity contribution in [3.05, 3.63) is 65.0 Å². The van der Waals surface area contributed by atoms with Gasteiger partial charge in [0.1, 0.15) is 5.82 Å². The molecule has 0 aliphatic rings. The summed E-state index contributed by atoms with van der Waals surface area (Å²) < 4.78 is 50.6. The standard InChI is InChI=1S/C16H15F4N/c1-10-9-14(17)7-8-15(10)21-11(2)12-3-5-13(6-4-12)16(18,19)20/h3-9,11,21H,1-2H3. The lowest BCUT2D eigenvalue weighted by atomic mass is 10.0. The van der Waals surface area contributed by atoms with E-state index in [2.05, 4.69) is 5.32 Å². The predicted molar refractivity (Wildman–Crippen MR) is 74.6 cm³/mol. The third-order valence-electron chi connectivity index (χ3n) is 3.30. The van der Waals surface area contributed by atoms with E-state index in [1.165, 1.54) is 24.3 Å². The smallest absolute Gasteiger partial charge is 0.378 e. The molecule has 0 amide bonds. The molecule has 0 saturated carbocycles. The molecule has 0 radical (unpaired) electrons. The average molecular weight is 297 g/mol. The Morgan fingerprint density at radius 1 is 1.00 bits per heavy atom. The van der Waals surface area contributed by atoms with E-state index in [-0.39, 0.29) is 11.9 Å². The minimum atomic E-state index is -4.33. The molecule has 0 saturated heterocycles. The van der Waals surface area contributed by atoms with Gasteiger partial charge in [-0.2, -0.15) is 13.2 Å². The Morgan fingerprint density at radius 3 is 2.14 bits per heavy atom. The largest absolute Gasteiger partial charge is 0.416 e. The van der Waals surface area contributed by atoms with Crippen molar-refractivity contribution in [1.29, 1.82) is 0 Å². The fraction of sp³-hybridized carbons (Fsp3) is 0.250. The number of aryl methyl sites for hydroxylation is 1. The predicted octanol–water partition coefficient (Wildman–Crippen LogP) is 5.33. The third kappa shape index (κ3) is 3.74. The van der Waals surface area contributed by atoms with Gasteiger partial charge < -0.3 is 5.32 Å². The number of hydrogen-bond acceptors (Lipinski definition) is 1. The highest BCUT2D eigenvalue weighted by molar-refractivity contribution is 5.52. The van der Waals surface area contributed by atoms with Gasteiger partial charge >= 0.3 is 6.18 Å². The Bertz CT molecular complexity index is 617. The van der Waals surface area contributed by atoms with Crippen LogP contribution < -0.4 is 5.32 Å². The highest BCUT2D eigenvalue weighted by Gasteiger charge is 2.30. The van der Waals surface area contributed by atoms with Gasteiger partial charge in [-0.15, -0.1) is 0 Å². The monoisotopic (exact) mass is 297 g/mol. The average Bonchev–Trinajstić information content (AvgIpc) is 2.41. The van der Waals surface area contributed by atoms with Gasteiger partial charge in [0.15, 0.2) is 0 Å². The van der Waals surface area contributed by atoms with Gasteiger partial charge in [0.25, 0.3) is 0 Å². The molecule has 112 valence electrons. The van der Waals surface area contributed by atoms with Gasteiger partial charge in [0, 0.05) is 11.7 Å². The molecular weight excluding hydrogens is 282 g/mol. The van der Waals surface area contributed by atoms with Crippen molar-refractivity contribution in [3.63, 3.8) is 0 Å². The minimum Gasteiger partial charge on any atom is -0.378 e. The van der Waals surface area contributed by atoms with Crippen molar-refractivity contribution in [3.8, 4) is 0 Å². The Labute approximate surface area is 120 Å². The zero-order valence-electron chi connectivity index (χ0n) is 11.6. The molecule has 0 fully saturated rings. The first-order valence-corrected chi connectivity index (χ1v) is 6.47. The summed E-state index contributed by atoms with van der Waals surface area (Å²) in [4.78, 5) is 0. The summed E-state index contributed by atoms with van der Waals surface area (Å²) in [6, 6.07) is 9.19. The maximum atomic E-state index is 13.0. The van der Waals surface area contributed by atoms with E-state index in [4.69, 9.17) is 0 Å². The molecule has 0 aromatic heterocycles. The molecule has 1 nitrogen and oxygen atoms in total. The van der Waals surface area contributed by atoms with Crippen LogP contribution in [0.2, 0.25) is 0 Å². The van der Waals surface area contributed by atoms with Gasteiger partial charge in [-0.3, -0.25) is 0 Å². The van der Waals surface area contributed by atoms with E-state index >= 15 is 0 Å². The summed E-state index contributed by atoms with van der Waals surface area (Å²) in [6.45, 7) is 3.61. The van der Waals surface area contributed by atoms with Crippen molar-refractivity contribution >= 4 is 5.69 Å². The van der Waals surface area contributed by atoms with Crippen molar-refractivity contribution in [2.45, 2.75) is 26.1 Å². The fourth-order valence-corrected chi connectivity index (χ4v) is 2.07. The number of halogens is 4. The number of alkyl halides is 3. The van der Waals surface area contributed by atoms with Gasteiger partial charge in [-0.25, -0.2) is 4.39 Å². The van der Waals surface area contributed by atoms with E-state index in [1.54, 1.807) is 13.0 Å². The van der Waals surface area contributed by atoms with Gasteiger partial charge in [0.05, 0.1) is 5.56 Å². The van der Waals surface area contributed by atoms with E-state index < -0.39 is 11.7 Å². The molecule has 1 atom stereocenters. The van der Waals surface area contributed by atoms with Crippen molar-refractivity contribution < 1.29 is 17.6 Å². The molecule has 5 heteroatoms. The Morgan fingerprint density at radius 2 is 1.62 bits per heavy atom. The van der Waals surface area contributed by atoms with Crippen LogP contribution in [0.5, 0.6) is 0 Å². The lowest BCUT2D eigenvalue weighted by Crippen LogP contribution is -2.09. The molecule has 0 bridgehead atoms. The fourth-order valence-electron chi connectivity index (χ4n) is 2.07. The summed E-state index contributed by atoms with van der Waals surface area (Å²) in [5.74, 6) is -0.319. The van der Waals surface area contributed by atoms with Crippen molar-refractivity contribution in [2.24, 2.45) is 0 Å². The topological polar surface area (TPSA) is 12.0 Å². The van der Waals surface area contributed by atoms with Crippen LogP contribution >= 0.6 is 0 Å². The summed E-state index contributed by atoms with van der Waals surface area (Å²) in [7, 11) is 0. The first-order valence-electron chi connectivity index (χ1n) is 6.47. The quantitative estimate of drug-likeness (QED) is 0.755. The SMILES string of the molecule is Cc1cc(F)ccc1NC(C)c1ccc(C(F)(F)F)cc1. The number of nitrogens with one attached hydrogen (secondary N) is 1. The summed E-state index contributed by atoms with van der Waals surface area (Å²) in [5, 5.41) is 3.16. The zero-order valence-corrected chi connectivity index (χ0v) is 11.6. The van der Waals surface area contributed by atoms with Crippen LogP contribution in [0.4, 0.5) is 23.2 Å². The van der Waals surface area contributed by atoms with Crippen LogP contribution in [0, 0.1) is 12.7 Å². The van der Waals surface area contributed by atoms with Crippen molar-refractivity contribution in [1.82, 2.24) is 0 Å². The number of hydrogen-bond donors (Lipinski definition) is 1. The third-order valence-corrected chi connectivity index (χ3v) is 3.30. The van der Waals surface area contributed by atoms with Crippen LogP contribution in [0.15, 0.2) is 42.5 Å². The van der Waals surface area contributed by atoms with Crippen LogP contribution in [0.25, 0.3) is 0 Å². The van der Waals surface area contributed by atoms with Crippen LogP contribution in [-0.2, 0) is 6.18 Å². The molecule has 1 N–H and O–H groups in total. The van der Waals surface area contributed by atoms with Gasteiger partial charge in [-0.05, 0) is 55.3 Å².